The van der Waals surface area contributed by atoms with Crippen molar-refractivity contribution in [3.05, 3.63) is 0 Å². The van der Waals surface area contributed by atoms with Gasteiger partial charge in [0, 0.05) is 26.3 Å². The summed E-state index contributed by atoms with van der Waals surface area (Å²) in [4.78, 5) is 0. The number of hydrogen-bond donors (Lipinski definition) is 1. The number of unbranched alkanes of at least 4 members (excludes halogenated alkanes) is 30. The number of rotatable bonds is 36. The SMILES string of the molecule is CCCCCCCCCCCCCCCCCCOC1CNCC1OCCCCCCCCCCCCCCCCCC. The van der Waals surface area contributed by atoms with E-state index in [4.69, 9.17) is 9.47 Å². The first-order valence-corrected chi connectivity index (χ1v) is 20.3. The zero-order valence-electron chi connectivity index (χ0n) is 29.9. The molecule has 2 unspecified atom stereocenters. The van der Waals surface area contributed by atoms with Crippen LogP contribution in [0.15, 0.2) is 0 Å². The van der Waals surface area contributed by atoms with Crippen LogP contribution in [0.2, 0.25) is 0 Å². The molecule has 0 aliphatic carbocycles. The molecule has 1 aliphatic rings. The van der Waals surface area contributed by atoms with Crippen molar-refractivity contribution < 1.29 is 9.47 Å². The van der Waals surface area contributed by atoms with Crippen LogP contribution < -0.4 is 5.32 Å². The molecular weight excluding hydrogens is 526 g/mol. The average molecular weight is 608 g/mol. The molecule has 1 aliphatic heterocycles. The quantitative estimate of drug-likeness (QED) is 0.0719. The maximum atomic E-state index is 6.23. The van der Waals surface area contributed by atoms with Gasteiger partial charge in [0.25, 0.3) is 0 Å². The van der Waals surface area contributed by atoms with E-state index in [0.717, 1.165) is 26.3 Å². The van der Waals surface area contributed by atoms with Crippen LogP contribution in [0.3, 0.4) is 0 Å². The van der Waals surface area contributed by atoms with Gasteiger partial charge in [-0.1, -0.05) is 206 Å². The minimum Gasteiger partial charge on any atom is -0.374 e. The van der Waals surface area contributed by atoms with E-state index < -0.39 is 0 Å². The fourth-order valence-electron chi connectivity index (χ4n) is 6.73. The maximum Gasteiger partial charge on any atom is 0.0973 e. The summed E-state index contributed by atoms with van der Waals surface area (Å²) in [5.41, 5.74) is 0. The molecule has 0 radical (unpaired) electrons. The molecule has 3 heteroatoms. The van der Waals surface area contributed by atoms with E-state index in [2.05, 4.69) is 19.2 Å². The van der Waals surface area contributed by atoms with Crippen molar-refractivity contribution in [3.63, 3.8) is 0 Å². The topological polar surface area (TPSA) is 30.5 Å². The Morgan fingerprint density at radius 1 is 0.326 bits per heavy atom. The molecule has 1 fully saturated rings. The van der Waals surface area contributed by atoms with E-state index in [1.807, 2.05) is 0 Å². The molecule has 2 atom stereocenters. The van der Waals surface area contributed by atoms with Crippen LogP contribution in [0.5, 0.6) is 0 Å². The zero-order valence-corrected chi connectivity index (χ0v) is 29.9. The largest absolute Gasteiger partial charge is 0.374 e. The Bertz CT molecular complexity index is 469. The Kier molecular flexibility index (Phi) is 33.1. The van der Waals surface area contributed by atoms with E-state index in [1.165, 1.54) is 205 Å². The molecule has 258 valence electrons. The summed E-state index contributed by atoms with van der Waals surface area (Å²) in [5.74, 6) is 0. The molecule has 0 aromatic heterocycles. The molecule has 0 spiro atoms. The molecule has 0 aromatic carbocycles. The van der Waals surface area contributed by atoms with E-state index in [-0.39, 0.29) is 12.2 Å². The van der Waals surface area contributed by atoms with Crippen molar-refractivity contribution in [3.8, 4) is 0 Å². The van der Waals surface area contributed by atoms with E-state index in [1.54, 1.807) is 0 Å². The molecule has 0 saturated carbocycles. The predicted molar refractivity (Wildman–Crippen MR) is 191 cm³/mol. The molecule has 1 heterocycles. The average Bonchev–Trinajstić information content (AvgIpc) is 3.47. The highest BCUT2D eigenvalue weighted by Crippen LogP contribution is 2.16. The molecular formula is C40H81NO2. The third kappa shape index (κ3) is 29.1. The van der Waals surface area contributed by atoms with Crippen LogP contribution in [-0.4, -0.2) is 38.5 Å². The molecule has 1 rings (SSSR count). The molecule has 1 saturated heterocycles. The van der Waals surface area contributed by atoms with Gasteiger partial charge in [0.05, 0.1) is 12.2 Å². The van der Waals surface area contributed by atoms with Crippen molar-refractivity contribution in [1.82, 2.24) is 5.32 Å². The van der Waals surface area contributed by atoms with Crippen LogP contribution in [0, 0.1) is 0 Å². The molecule has 3 nitrogen and oxygen atoms in total. The lowest BCUT2D eigenvalue weighted by atomic mass is 10.0. The van der Waals surface area contributed by atoms with Gasteiger partial charge in [0.2, 0.25) is 0 Å². The summed E-state index contributed by atoms with van der Waals surface area (Å²) in [6.45, 7) is 8.34. The fraction of sp³-hybridized carbons (Fsp3) is 1.00. The van der Waals surface area contributed by atoms with Crippen LogP contribution in [0.1, 0.15) is 219 Å². The van der Waals surface area contributed by atoms with E-state index in [9.17, 15) is 0 Å². The van der Waals surface area contributed by atoms with E-state index >= 15 is 0 Å². The lowest BCUT2D eigenvalue weighted by Gasteiger charge is -2.20. The van der Waals surface area contributed by atoms with E-state index in [0.29, 0.717) is 0 Å². The molecule has 0 amide bonds. The molecule has 1 N–H and O–H groups in total. The first kappa shape index (κ1) is 40.9. The summed E-state index contributed by atoms with van der Waals surface area (Å²) in [6.07, 6.45) is 45.9. The number of nitrogens with one attached hydrogen (secondary N) is 1. The monoisotopic (exact) mass is 608 g/mol. The summed E-state index contributed by atoms with van der Waals surface area (Å²) in [5, 5.41) is 3.49. The smallest absolute Gasteiger partial charge is 0.0973 e. The third-order valence-electron chi connectivity index (χ3n) is 9.77. The Morgan fingerprint density at radius 2 is 0.535 bits per heavy atom. The van der Waals surface area contributed by atoms with Crippen molar-refractivity contribution >= 4 is 0 Å². The Balaban J connectivity index is 1.77. The van der Waals surface area contributed by atoms with Gasteiger partial charge >= 0.3 is 0 Å². The van der Waals surface area contributed by atoms with Gasteiger partial charge < -0.3 is 14.8 Å². The first-order chi connectivity index (χ1) is 21.4. The van der Waals surface area contributed by atoms with Gasteiger partial charge in [-0.3, -0.25) is 0 Å². The van der Waals surface area contributed by atoms with Crippen LogP contribution >= 0.6 is 0 Å². The van der Waals surface area contributed by atoms with Crippen molar-refractivity contribution in [2.75, 3.05) is 26.3 Å². The normalized spacial score (nSPS) is 16.9. The zero-order chi connectivity index (χ0) is 30.7. The van der Waals surface area contributed by atoms with Crippen LogP contribution in [-0.2, 0) is 9.47 Å². The van der Waals surface area contributed by atoms with Gasteiger partial charge in [-0.05, 0) is 12.8 Å². The highest BCUT2D eigenvalue weighted by atomic mass is 16.5. The summed E-state index contributed by atoms with van der Waals surface area (Å²) in [6, 6.07) is 0. The Labute approximate surface area is 272 Å². The molecule has 0 bridgehead atoms. The lowest BCUT2D eigenvalue weighted by Crippen LogP contribution is -2.30. The van der Waals surface area contributed by atoms with Gasteiger partial charge in [-0.25, -0.2) is 0 Å². The maximum absolute atomic E-state index is 6.23. The van der Waals surface area contributed by atoms with Crippen LogP contribution in [0.4, 0.5) is 0 Å². The highest BCUT2D eigenvalue weighted by Gasteiger charge is 2.28. The van der Waals surface area contributed by atoms with Crippen molar-refractivity contribution in [2.24, 2.45) is 0 Å². The molecule has 0 aromatic rings. The Hall–Kier alpha value is -0.120. The minimum atomic E-state index is 0.261. The van der Waals surface area contributed by atoms with Gasteiger partial charge in [0.1, 0.15) is 0 Å². The summed E-state index contributed by atoms with van der Waals surface area (Å²) in [7, 11) is 0. The molecule has 43 heavy (non-hydrogen) atoms. The second-order valence-corrected chi connectivity index (χ2v) is 14.1. The highest BCUT2D eigenvalue weighted by molar-refractivity contribution is 4.83. The minimum absolute atomic E-state index is 0.261. The second kappa shape index (κ2) is 34.7. The van der Waals surface area contributed by atoms with Crippen LogP contribution in [0.25, 0.3) is 0 Å². The van der Waals surface area contributed by atoms with Gasteiger partial charge in [-0.2, -0.15) is 0 Å². The van der Waals surface area contributed by atoms with Gasteiger partial charge in [0.15, 0.2) is 0 Å². The van der Waals surface area contributed by atoms with Gasteiger partial charge in [-0.15, -0.1) is 0 Å². The number of hydrogen-bond acceptors (Lipinski definition) is 3. The lowest BCUT2D eigenvalue weighted by molar-refractivity contribution is -0.0481. The standard InChI is InChI=1S/C40H81NO2/c1-3-5-7-9-11-13-15-17-19-21-23-25-27-29-31-33-35-42-39-37-41-38-40(39)43-36-34-32-30-28-26-24-22-20-18-16-14-12-10-8-6-4-2/h39-41H,3-38H2,1-2H3. The predicted octanol–water partition coefficient (Wildman–Crippen LogP) is 12.9. The summed E-state index contributed by atoms with van der Waals surface area (Å²) >= 11 is 0. The fourth-order valence-corrected chi connectivity index (χ4v) is 6.73. The third-order valence-corrected chi connectivity index (χ3v) is 9.77. The Morgan fingerprint density at radius 3 is 0.767 bits per heavy atom. The van der Waals surface area contributed by atoms with Crippen molar-refractivity contribution in [2.45, 2.75) is 232 Å². The van der Waals surface area contributed by atoms with Crippen molar-refractivity contribution in [1.29, 1.82) is 0 Å². The second-order valence-electron chi connectivity index (χ2n) is 14.1. The first-order valence-electron chi connectivity index (χ1n) is 20.3. The number of ether oxygens (including phenoxy) is 2. The summed E-state index contributed by atoms with van der Waals surface area (Å²) < 4.78 is 12.5.